The molecule has 2 aromatic heterocycles. The summed E-state index contributed by atoms with van der Waals surface area (Å²) >= 11 is 3.54. The molecule has 0 fully saturated rings. The first-order valence-corrected chi connectivity index (χ1v) is 5.67. The van der Waals surface area contributed by atoms with Gasteiger partial charge in [0.25, 0.3) is 0 Å². The molecule has 0 aliphatic heterocycles. The molecule has 0 aromatic carbocycles. The number of hydrogen-bond acceptors (Lipinski definition) is 3. The summed E-state index contributed by atoms with van der Waals surface area (Å²) in [4.78, 5) is 0.267. The molecule has 0 saturated carbocycles. The van der Waals surface area contributed by atoms with Gasteiger partial charge in [-0.2, -0.15) is 5.10 Å². The smallest absolute Gasteiger partial charge is 0.104 e. The molecule has 1 atom stereocenters. The molecule has 0 radical (unpaired) electrons. The molecule has 1 unspecified atom stereocenters. The Morgan fingerprint density at radius 3 is 2.87 bits per heavy atom. The molecular formula is C9H12BrN5. The SMILES string of the molecule is CCC(Br)c1cn(-c2cnn(C)c2)nn1. The molecule has 15 heavy (non-hydrogen) atoms. The minimum Gasteiger partial charge on any atom is -0.274 e. The highest BCUT2D eigenvalue weighted by atomic mass is 79.9. The quantitative estimate of drug-likeness (QED) is 0.800. The average Bonchev–Trinajstić information content (AvgIpc) is 2.84. The Morgan fingerprint density at radius 1 is 1.47 bits per heavy atom. The minimum absolute atomic E-state index is 0.267. The zero-order chi connectivity index (χ0) is 10.8. The molecule has 5 nitrogen and oxygen atoms in total. The fourth-order valence-corrected chi connectivity index (χ4v) is 1.49. The maximum absolute atomic E-state index is 4.10. The van der Waals surface area contributed by atoms with Crippen LogP contribution in [-0.4, -0.2) is 24.8 Å². The minimum atomic E-state index is 0.267. The summed E-state index contributed by atoms with van der Waals surface area (Å²) in [6.45, 7) is 2.10. The monoisotopic (exact) mass is 269 g/mol. The molecular weight excluding hydrogens is 258 g/mol. The molecule has 2 rings (SSSR count). The third-order valence-corrected chi connectivity index (χ3v) is 3.26. The van der Waals surface area contributed by atoms with Gasteiger partial charge in [-0.05, 0) is 6.42 Å². The van der Waals surface area contributed by atoms with Crippen molar-refractivity contribution in [2.45, 2.75) is 18.2 Å². The van der Waals surface area contributed by atoms with E-state index in [1.165, 1.54) is 0 Å². The molecule has 2 aromatic rings. The van der Waals surface area contributed by atoms with Crippen molar-refractivity contribution in [3.05, 3.63) is 24.3 Å². The number of aromatic nitrogens is 5. The highest BCUT2D eigenvalue weighted by Gasteiger charge is 2.10. The predicted octanol–water partition coefficient (Wildman–Crippen LogP) is 1.85. The van der Waals surface area contributed by atoms with Gasteiger partial charge in [-0.15, -0.1) is 5.10 Å². The fourth-order valence-electron chi connectivity index (χ4n) is 1.28. The first-order valence-electron chi connectivity index (χ1n) is 4.76. The van der Waals surface area contributed by atoms with E-state index in [1.807, 2.05) is 19.4 Å². The van der Waals surface area contributed by atoms with Gasteiger partial charge in [-0.1, -0.05) is 28.1 Å². The second-order valence-corrected chi connectivity index (χ2v) is 4.44. The van der Waals surface area contributed by atoms with Gasteiger partial charge in [-0.3, -0.25) is 4.68 Å². The lowest BCUT2D eigenvalue weighted by Gasteiger charge is -1.98. The topological polar surface area (TPSA) is 48.5 Å². The van der Waals surface area contributed by atoms with Crippen LogP contribution in [-0.2, 0) is 7.05 Å². The predicted molar refractivity (Wildman–Crippen MR) is 60.1 cm³/mol. The lowest BCUT2D eigenvalue weighted by atomic mass is 10.3. The van der Waals surface area contributed by atoms with Crippen LogP contribution in [0.25, 0.3) is 5.69 Å². The van der Waals surface area contributed by atoms with E-state index in [-0.39, 0.29) is 4.83 Å². The van der Waals surface area contributed by atoms with Gasteiger partial charge in [0.2, 0.25) is 0 Å². The van der Waals surface area contributed by atoms with E-state index in [0.29, 0.717) is 0 Å². The maximum Gasteiger partial charge on any atom is 0.104 e. The Morgan fingerprint density at radius 2 is 2.27 bits per heavy atom. The summed E-state index contributed by atoms with van der Waals surface area (Å²) in [5.74, 6) is 0. The summed E-state index contributed by atoms with van der Waals surface area (Å²) in [5, 5.41) is 12.2. The van der Waals surface area contributed by atoms with Crippen LogP contribution in [0.2, 0.25) is 0 Å². The van der Waals surface area contributed by atoms with Gasteiger partial charge < -0.3 is 0 Å². The molecule has 0 aliphatic carbocycles. The van der Waals surface area contributed by atoms with Crippen LogP contribution in [0.3, 0.4) is 0 Å². The van der Waals surface area contributed by atoms with E-state index in [0.717, 1.165) is 17.8 Å². The summed E-state index contributed by atoms with van der Waals surface area (Å²) in [6.07, 6.45) is 6.56. The maximum atomic E-state index is 4.10. The van der Waals surface area contributed by atoms with Crippen LogP contribution >= 0.6 is 15.9 Å². The second kappa shape index (κ2) is 4.14. The fraction of sp³-hybridized carbons (Fsp3) is 0.444. The van der Waals surface area contributed by atoms with E-state index in [1.54, 1.807) is 15.6 Å². The van der Waals surface area contributed by atoms with Gasteiger partial charge in [0, 0.05) is 7.05 Å². The lowest BCUT2D eigenvalue weighted by molar-refractivity contribution is 0.762. The summed E-state index contributed by atoms with van der Waals surface area (Å²) in [7, 11) is 1.88. The normalized spacial score (nSPS) is 13.0. The Kier molecular flexibility index (Phi) is 2.86. The van der Waals surface area contributed by atoms with Gasteiger partial charge >= 0.3 is 0 Å². The molecule has 6 heteroatoms. The van der Waals surface area contributed by atoms with Gasteiger partial charge in [0.15, 0.2) is 0 Å². The van der Waals surface area contributed by atoms with Crippen molar-refractivity contribution in [1.82, 2.24) is 24.8 Å². The zero-order valence-electron chi connectivity index (χ0n) is 8.63. The zero-order valence-corrected chi connectivity index (χ0v) is 10.2. The van der Waals surface area contributed by atoms with Crippen molar-refractivity contribution < 1.29 is 0 Å². The highest BCUT2D eigenvalue weighted by molar-refractivity contribution is 9.09. The van der Waals surface area contributed by atoms with Crippen LogP contribution in [0.4, 0.5) is 0 Å². The molecule has 0 amide bonds. The molecule has 2 heterocycles. The third kappa shape index (κ3) is 2.09. The van der Waals surface area contributed by atoms with Crippen molar-refractivity contribution in [3.8, 4) is 5.69 Å². The highest BCUT2D eigenvalue weighted by Crippen LogP contribution is 2.23. The Labute approximate surface area is 96.2 Å². The Balaban J connectivity index is 2.27. The number of halogens is 1. The summed E-state index contributed by atoms with van der Waals surface area (Å²) in [5.41, 5.74) is 1.87. The van der Waals surface area contributed by atoms with Gasteiger partial charge in [0.05, 0.1) is 29.1 Å². The van der Waals surface area contributed by atoms with Gasteiger partial charge in [0.1, 0.15) is 5.69 Å². The standard InChI is InChI=1S/C9H12BrN5/c1-3-8(10)9-6-15(13-12-9)7-4-11-14(2)5-7/h4-6,8H,3H2,1-2H3. The van der Waals surface area contributed by atoms with Crippen molar-refractivity contribution >= 4 is 15.9 Å². The van der Waals surface area contributed by atoms with Crippen LogP contribution in [0.15, 0.2) is 18.6 Å². The molecule has 80 valence electrons. The molecule has 0 saturated heterocycles. The van der Waals surface area contributed by atoms with Crippen LogP contribution < -0.4 is 0 Å². The largest absolute Gasteiger partial charge is 0.274 e. The molecule has 0 N–H and O–H groups in total. The van der Waals surface area contributed by atoms with Crippen molar-refractivity contribution in [3.63, 3.8) is 0 Å². The number of nitrogens with zero attached hydrogens (tertiary/aromatic N) is 5. The van der Waals surface area contributed by atoms with Crippen LogP contribution in [0, 0.1) is 0 Å². The average molecular weight is 270 g/mol. The van der Waals surface area contributed by atoms with Crippen molar-refractivity contribution in [1.29, 1.82) is 0 Å². The number of hydrogen-bond donors (Lipinski definition) is 0. The first kappa shape index (κ1) is 10.4. The van der Waals surface area contributed by atoms with E-state index in [9.17, 15) is 0 Å². The number of rotatable bonds is 3. The van der Waals surface area contributed by atoms with Crippen molar-refractivity contribution in [2.24, 2.45) is 7.05 Å². The Hall–Kier alpha value is -1.17. The van der Waals surface area contributed by atoms with Gasteiger partial charge in [-0.25, -0.2) is 4.68 Å². The van der Waals surface area contributed by atoms with Crippen LogP contribution in [0.1, 0.15) is 23.9 Å². The Bertz CT molecular complexity index is 447. The molecule has 0 bridgehead atoms. The van der Waals surface area contributed by atoms with Crippen molar-refractivity contribution in [2.75, 3.05) is 0 Å². The molecule has 0 aliphatic rings. The molecule has 0 spiro atoms. The number of alkyl halides is 1. The summed E-state index contributed by atoms with van der Waals surface area (Å²) < 4.78 is 3.47. The van der Waals surface area contributed by atoms with Crippen LogP contribution in [0.5, 0.6) is 0 Å². The van der Waals surface area contributed by atoms with E-state index < -0.39 is 0 Å². The summed E-state index contributed by atoms with van der Waals surface area (Å²) in [6, 6.07) is 0. The third-order valence-electron chi connectivity index (χ3n) is 2.15. The number of aryl methyl sites for hydroxylation is 1. The second-order valence-electron chi connectivity index (χ2n) is 3.34. The van der Waals surface area contributed by atoms with E-state index in [4.69, 9.17) is 0 Å². The van der Waals surface area contributed by atoms with E-state index >= 15 is 0 Å². The van der Waals surface area contributed by atoms with E-state index in [2.05, 4.69) is 38.3 Å². The first-order chi connectivity index (χ1) is 7.20. The lowest BCUT2D eigenvalue weighted by Crippen LogP contribution is -1.92.